The Kier molecular flexibility index (Phi) is 5.70. The highest BCUT2D eigenvalue weighted by Gasteiger charge is 2.14. The number of carbonyl (C=O) groups is 1. The van der Waals surface area contributed by atoms with E-state index in [0.717, 1.165) is 5.56 Å². The van der Waals surface area contributed by atoms with Crippen LogP contribution >= 0.6 is 11.6 Å². The fraction of sp³-hybridized carbons (Fsp3) is 0.200. The van der Waals surface area contributed by atoms with Gasteiger partial charge in [-0.15, -0.1) is 0 Å². The molecule has 1 amide bonds. The summed E-state index contributed by atoms with van der Waals surface area (Å²) in [6.07, 6.45) is 1.59. The molecule has 1 heterocycles. The van der Waals surface area contributed by atoms with Gasteiger partial charge >= 0.3 is 0 Å². The summed E-state index contributed by atoms with van der Waals surface area (Å²) in [5.41, 5.74) is 0.971. The molecule has 2 aromatic rings. The molecule has 0 saturated heterocycles. The van der Waals surface area contributed by atoms with Crippen molar-refractivity contribution in [3.8, 4) is 0 Å². The number of hydrogen-bond donors (Lipinski definition) is 2. The molecule has 2 N–H and O–H groups in total. The fourth-order valence-electron chi connectivity index (χ4n) is 1.81. The highest BCUT2D eigenvalue weighted by Crippen LogP contribution is 2.13. The van der Waals surface area contributed by atoms with E-state index in [2.05, 4.69) is 15.0 Å². The average Bonchev–Trinajstić information content (AvgIpc) is 2.47. The maximum Gasteiger partial charge on any atom is 0.240 e. The van der Waals surface area contributed by atoms with Gasteiger partial charge in [0.1, 0.15) is 5.82 Å². The van der Waals surface area contributed by atoms with Crippen LogP contribution in [-0.4, -0.2) is 25.9 Å². The van der Waals surface area contributed by atoms with Crippen LogP contribution in [-0.2, 0) is 14.8 Å². The van der Waals surface area contributed by atoms with E-state index in [-0.39, 0.29) is 23.8 Å². The van der Waals surface area contributed by atoms with Crippen molar-refractivity contribution < 1.29 is 13.2 Å². The van der Waals surface area contributed by atoms with Crippen molar-refractivity contribution in [2.75, 3.05) is 11.9 Å². The first-order valence-corrected chi connectivity index (χ1v) is 8.71. The van der Waals surface area contributed by atoms with E-state index in [1.165, 1.54) is 24.3 Å². The molecule has 0 aliphatic heterocycles. The molecule has 0 spiro atoms. The van der Waals surface area contributed by atoms with Crippen LogP contribution in [0.4, 0.5) is 5.82 Å². The standard InChI is InChI=1S/C15H16ClN3O3S/c1-11-6-8-17-14(10-11)19-15(20)7-9-18-23(21,22)13-4-2-12(16)3-5-13/h2-6,8,10,18H,7,9H2,1H3,(H,17,19,20). The normalized spacial score (nSPS) is 11.2. The molecule has 0 aliphatic rings. The zero-order valence-electron chi connectivity index (χ0n) is 12.4. The minimum atomic E-state index is -3.66. The largest absolute Gasteiger partial charge is 0.311 e. The van der Waals surface area contributed by atoms with E-state index >= 15 is 0 Å². The van der Waals surface area contributed by atoms with Crippen LogP contribution in [0.15, 0.2) is 47.5 Å². The van der Waals surface area contributed by atoms with Crippen molar-refractivity contribution in [2.45, 2.75) is 18.2 Å². The first-order valence-electron chi connectivity index (χ1n) is 6.84. The molecule has 0 fully saturated rings. The Labute approximate surface area is 139 Å². The van der Waals surface area contributed by atoms with Gasteiger partial charge in [0.2, 0.25) is 15.9 Å². The van der Waals surface area contributed by atoms with Crippen molar-refractivity contribution in [1.29, 1.82) is 0 Å². The van der Waals surface area contributed by atoms with E-state index in [4.69, 9.17) is 11.6 Å². The van der Waals surface area contributed by atoms with Crippen LogP contribution in [0.1, 0.15) is 12.0 Å². The lowest BCUT2D eigenvalue weighted by Crippen LogP contribution is -2.28. The van der Waals surface area contributed by atoms with Gasteiger partial charge in [-0.25, -0.2) is 18.1 Å². The van der Waals surface area contributed by atoms with Gasteiger partial charge in [-0.1, -0.05) is 11.6 Å². The number of sulfonamides is 1. The molecule has 0 radical (unpaired) electrons. The SMILES string of the molecule is Cc1ccnc(NC(=O)CCNS(=O)(=O)c2ccc(Cl)cc2)c1. The average molecular weight is 354 g/mol. The van der Waals surface area contributed by atoms with Gasteiger partial charge in [0.05, 0.1) is 4.90 Å². The van der Waals surface area contributed by atoms with E-state index in [1.54, 1.807) is 12.3 Å². The number of benzene rings is 1. The van der Waals surface area contributed by atoms with Crippen molar-refractivity contribution >= 4 is 33.3 Å². The van der Waals surface area contributed by atoms with Gasteiger partial charge in [0.25, 0.3) is 0 Å². The van der Waals surface area contributed by atoms with Crippen LogP contribution in [0.3, 0.4) is 0 Å². The fourth-order valence-corrected chi connectivity index (χ4v) is 2.96. The van der Waals surface area contributed by atoms with Crippen molar-refractivity contribution in [2.24, 2.45) is 0 Å². The first-order chi connectivity index (χ1) is 10.9. The zero-order valence-corrected chi connectivity index (χ0v) is 14.0. The number of aromatic nitrogens is 1. The monoisotopic (exact) mass is 353 g/mol. The number of pyridine rings is 1. The summed E-state index contributed by atoms with van der Waals surface area (Å²) in [4.78, 5) is 15.9. The molecule has 1 aromatic heterocycles. The molecular weight excluding hydrogens is 338 g/mol. The highest BCUT2D eigenvalue weighted by atomic mass is 35.5. The van der Waals surface area contributed by atoms with E-state index in [1.807, 2.05) is 13.0 Å². The summed E-state index contributed by atoms with van der Waals surface area (Å²) >= 11 is 5.72. The molecule has 0 atom stereocenters. The van der Waals surface area contributed by atoms with Crippen molar-refractivity contribution in [1.82, 2.24) is 9.71 Å². The second kappa shape index (κ2) is 7.54. The van der Waals surface area contributed by atoms with Gasteiger partial charge in [0, 0.05) is 24.2 Å². The number of amides is 1. The lowest BCUT2D eigenvalue weighted by Gasteiger charge is -2.07. The van der Waals surface area contributed by atoms with E-state index in [9.17, 15) is 13.2 Å². The molecule has 1 aromatic carbocycles. The molecule has 0 aliphatic carbocycles. The molecule has 2 rings (SSSR count). The Morgan fingerprint density at radius 3 is 2.57 bits per heavy atom. The maximum absolute atomic E-state index is 12.0. The summed E-state index contributed by atoms with van der Waals surface area (Å²) in [7, 11) is -3.66. The van der Waals surface area contributed by atoms with Gasteiger partial charge in [-0.2, -0.15) is 0 Å². The van der Waals surface area contributed by atoms with E-state index in [0.29, 0.717) is 10.8 Å². The third-order valence-corrected chi connectivity index (χ3v) is 4.68. The minimum Gasteiger partial charge on any atom is -0.311 e. The number of anilines is 1. The lowest BCUT2D eigenvalue weighted by molar-refractivity contribution is -0.116. The van der Waals surface area contributed by atoms with Crippen LogP contribution in [0.2, 0.25) is 5.02 Å². The molecule has 0 saturated carbocycles. The summed E-state index contributed by atoms with van der Waals surface area (Å²) < 4.78 is 26.4. The van der Waals surface area contributed by atoms with E-state index < -0.39 is 10.0 Å². The van der Waals surface area contributed by atoms with Crippen LogP contribution in [0.5, 0.6) is 0 Å². The molecule has 8 heteroatoms. The summed E-state index contributed by atoms with van der Waals surface area (Å²) in [6.45, 7) is 1.88. The second-order valence-electron chi connectivity index (χ2n) is 4.87. The van der Waals surface area contributed by atoms with Crippen molar-refractivity contribution in [3.05, 3.63) is 53.2 Å². The smallest absolute Gasteiger partial charge is 0.240 e. The van der Waals surface area contributed by atoms with Crippen molar-refractivity contribution in [3.63, 3.8) is 0 Å². The van der Waals surface area contributed by atoms with Gasteiger partial charge in [-0.3, -0.25) is 4.79 Å². The summed E-state index contributed by atoms with van der Waals surface area (Å²) in [5, 5.41) is 3.07. The molecular formula is C15H16ClN3O3S. The molecule has 6 nitrogen and oxygen atoms in total. The van der Waals surface area contributed by atoms with Crippen LogP contribution in [0.25, 0.3) is 0 Å². The molecule has 122 valence electrons. The Hall–Kier alpha value is -1.96. The molecule has 0 unspecified atom stereocenters. The third kappa shape index (κ3) is 5.31. The Morgan fingerprint density at radius 1 is 1.22 bits per heavy atom. The Balaban J connectivity index is 1.86. The highest BCUT2D eigenvalue weighted by molar-refractivity contribution is 7.89. The number of aryl methyl sites for hydroxylation is 1. The Bertz CT molecular complexity index is 792. The second-order valence-corrected chi connectivity index (χ2v) is 7.07. The third-order valence-electron chi connectivity index (χ3n) is 2.95. The number of nitrogens with one attached hydrogen (secondary N) is 2. The Morgan fingerprint density at radius 2 is 1.91 bits per heavy atom. The number of hydrogen-bond acceptors (Lipinski definition) is 4. The maximum atomic E-state index is 12.0. The first kappa shape index (κ1) is 17.4. The lowest BCUT2D eigenvalue weighted by atomic mass is 10.3. The number of carbonyl (C=O) groups excluding carboxylic acids is 1. The van der Waals surface area contributed by atoms with Gasteiger partial charge in [0.15, 0.2) is 0 Å². The number of rotatable bonds is 6. The van der Waals surface area contributed by atoms with Gasteiger partial charge < -0.3 is 5.32 Å². The number of halogens is 1. The molecule has 0 bridgehead atoms. The number of nitrogens with zero attached hydrogens (tertiary/aromatic N) is 1. The summed E-state index contributed by atoms with van der Waals surface area (Å²) in [6, 6.07) is 9.34. The minimum absolute atomic E-state index is 0.00242. The van der Waals surface area contributed by atoms with Gasteiger partial charge in [-0.05, 0) is 48.9 Å². The predicted molar refractivity (Wildman–Crippen MR) is 88.9 cm³/mol. The summed E-state index contributed by atoms with van der Waals surface area (Å²) in [5.74, 6) is 0.123. The quantitative estimate of drug-likeness (QED) is 0.834. The molecule has 23 heavy (non-hydrogen) atoms. The van der Waals surface area contributed by atoms with Crippen LogP contribution in [0, 0.1) is 6.92 Å². The topological polar surface area (TPSA) is 88.2 Å². The predicted octanol–water partition coefficient (Wildman–Crippen LogP) is 2.35. The van der Waals surface area contributed by atoms with Crippen LogP contribution < -0.4 is 10.0 Å². The zero-order chi connectivity index (χ0) is 16.9.